The van der Waals surface area contributed by atoms with Crippen molar-refractivity contribution in [3.8, 4) is 0 Å². The van der Waals surface area contributed by atoms with Crippen LogP contribution in [0.4, 0.5) is 0 Å². The lowest BCUT2D eigenvalue weighted by Crippen LogP contribution is -2.36. The molecule has 0 bridgehead atoms. The Morgan fingerprint density at radius 2 is 1.95 bits per heavy atom. The van der Waals surface area contributed by atoms with Gasteiger partial charge in [0.2, 0.25) is 0 Å². The van der Waals surface area contributed by atoms with E-state index in [0.29, 0.717) is 12.5 Å². The number of cyclic esters (lactones) is 1. The van der Waals surface area contributed by atoms with Crippen LogP contribution < -0.4 is 0 Å². The Hall–Kier alpha value is -0.960. The first-order chi connectivity index (χ1) is 9.46. The molecule has 1 aromatic carbocycles. The molecule has 1 aliphatic rings. The maximum atomic E-state index is 12.1. The summed E-state index contributed by atoms with van der Waals surface area (Å²) in [6.07, 6.45) is 1.90. The van der Waals surface area contributed by atoms with Crippen molar-refractivity contribution in [2.24, 2.45) is 17.3 Å². The number of ether oxygens (including phenoxy) is 1. The van der Waals surface area contributed by atoms with E-state index in [2.05, 4.69) is 45.0 Å². The number of hydrogen-bond donors (Lipinski definition) is 0. The summed E-state index contributed by atoms with van der Waals surface area (Å²) in [4.78, 5) is 13.3. The van der Waals surface area contributed by atoms with E-state index in [9.17, 15) is 4.79 Å². The lowest BCUT2D eigenvalue weighted by Gasteiger charge is -2.34. The number of carbonyl (C=O) groups excluding carboxylic acids is 1. The molecule has 0 radical (unpaired) electrons. The molecule has 1 aliphatic heterocycles. The average Bonchev–Trinajstić information content (AvgIpc) is 2.39. The van der Waals surface area contributed by atoms with Crippen LogP contribution in [0.15, 0.2) is 35.2 Å². The average molecular weight is 292 g/mol. The van der Waals surface area contributed by atoms with Gasteiger partial charge >= 0.3 is 5.97 Å². The zero-order valence-corrected chi connectivity index (χ0v) is 13.4. The molecule has 0 amide bonds. The summed E-state index contributed by atoms with van der Waals surface area (Å²) in [5.74, 6) is 1.49. The number of rotatable bonds is 4. The molecule has 1 saturated heterocycles. The predicted octanol–water partition coefficient (Wildman–Crippen LogP) is 4.39. The van der Waals surface area contributed by atoms with Crippen molar-refractivity contribution in [2.45, 2.75) is 38.5 Å². The van der Waals surface area contributed by atoms with Gasteiger partial charge in [0, 0.05) is 10.6 Å². The van der Waals surface area contributed by atoms with Gasteiger partial charge in [0.25, 0.3) is 0 Å². The van der Waals surface area contributed by atoms with Crippen molar-refractivity contribution in [2.75, 3.05) is 12.4 Å². The Labute approximate surface area is 126 Å². The summed E-state index contributed by atoms with van der Waals surface area (Å²) in [7, 11) is 0. The van der Waals surface area contributed by atoms with E-state index in [0.717, 1.165) is 18.6 Å². The molecule has 0 N–H and O–H groups in total. The second-order valence-electron chi connectivity index (χ2n) is 6.71. The minimum atomic E-state index is 0.00448. The maximum absolute atomic E-state index is 12.1. The predicted molar refractivity (Wildman–Crippen MR) is 83.8 cm³/mol. The van der Waals surface area contributed by atoms with Crippen molar-refractivity contribution in [3.63, 3.8) is 0 Å². The summed E-state index contributed by atoms with van der Waals surface area (Å²) in [5.41, 5.74) is 0.163. The highest BCUT2D eigenvalue weighted by atomic mass is 32.2. The molecule has 1 aromatic rings. The maximum Gasteiger partial charge on any atom is 0.309 e. The highest BCUT2D eigenvalue weighted by Gasteiger charge is 2.36. The standard InChI is InChI=1S/C17H24O2S/c1-17(2,3)11-15-13(9-10-19-16(15)18)12-20-14-7-5-4-6-8-14/h4-8,13,15H,9-12H2,1-3H3/t13-,15-/m0/s1. The first kappa shape index (κ1) is 15.4. The van der Waals surface area contributed by atoms with Crippen LogP contribution >= 0.6 is 11.8 Å². The van der Waals surface area contributed by atoms with Crippen molar-refractivity contribution in [3.05, 3.63) is 30.3 Å². The van der Waals surface area contributed by atoms with Crippen LogP contribution in [0.5, 0.6) is 0 Å². The Morgan fingerprint density at radius 1 is 1.25 bits per heavy atom. The third-order valence-corrected chi connectivity index (χ3v) is 4.84. The van der Waals surface area contributed by atoms with Gasteiger partial charge in [-0.1, -0.05) is 39.0 Å². The minimum Gasteiger partial charge on any atom is -0.465 e. The van der Waals surface area contributed by atoms with Gasteiger partial charge in [-0.05, 0) is 36.3 Å². The molecule has 2 nitrogen and oxygen atoms in total. The van der Waals surface area contributed by atoms with Gasteiger partial charge in [0.15, 0.2) is 0 Å². The van der Waals surface area contributed by atoms with Gasteiger partial charge in [-0.3, -0.25) is 4.79 Å². The summed E-state index contributed by atoms with van der Waals surface area (Å²) < 4.78 is 5.27. The molecule has 1 fully saturated rings. The number of hydrogen-bond acceptors (Lipinski definition) is 3. The highest BCUT2D eigenvalue weighted by Crippen LogP contribution is 2.36. The fourth-order valence-corrected chi connectivity index (χ4v) is 3.80. The van der Waals surface area contributed by atoms with Gasteiger partial charge in [-0.15, -0.1) is 11.8 Å². The zero-order chi connectivity index (χ0) is 14.6. The quantitative estimate of drug-likeness (QED) is 0.608. The van der Waals surface area contributed by atoms with Crippen LogP contribution in [0, 0.1) is 17.3 Å². The van der Waals surface area contributed by atoms with Gasteiger partial charge in [-0.2, -0.15) is 0 Å². The van der Waals surface area contributed by atoms with Crippen molar-refractivity contribution in [1.29, 1.82) is 0 Å². The Balaban J connectivity index is 1.98. The van der Waals surface area contributed by atoms with Crippen molar-refractivity contribution < 1.29 is 9.53 Å². The third-order valence-electron chi connectivity index (χ3n) is 3.64. The summed E-state index contributed by atoms with van der Waals surface area (Å²) in [5, 5.41) is 0. The first-order valence-corrected chi connectivity index (χ1v) is 8.29. The number of carbonyl (C=O) groups is 1. The van der Waals surface area contributed by atoms with E-state index < -0.39 is 0 Å². The van der Waals surface area contributed by atoms with Gasteiger partial charge in [-0.25, -0.2) is 0 Å². The molecule has 0 spiro atoms. The fourth-order valence-electron chi connectivity index (χ4n) is 2.64. The lowest BCUT2D eigenvalue weighted by atomic mass is 9.77. The van der Waals surface area contributed by atoms with Gasteiger partial charge < -0.3 is 4.74 Å². The Bertz CT molecular complexity index is 436. The topological polar surface area (TPSA) is 26.3 Å². The monoisotopic (exact) mass is 292 g/mol. The van der Waals surface area contributed by atoms with E-state index in [1.807, 2.05) is 17.8 Å². The largest absolute Gasteiger partial charge is 0.465 e. The van der Waals surface area contributed by atoms with Crippen LogP contribution in [0.3, 0.4) is 0 Å². The Morgan fingerprint density at radius 3 is 2.60 bits per heavy atom. The van der Waals surface area contributed by atoms with Crippen LogP contribution in [-0.4, -0.2) is 18.3 Å². The van der Waals surface area contributed by atoms with Crippen LogP contribution in [-0.2, 0) is 9.53 Å². The molecule has 3 heteroatoms. The summed E-state index contributed by atoms with van der Waals surface area (Å²) >= 11 is 1.85. The van der Waals surface area contributed by atoms with E-state index in [1.165, 1.54) is 4.90 Å². The number of benzene rings is 1. The van der Waals surface area contributed by atoms with Gasteiger partial charge in [0.05, 0.1) is 12.5 Å². The Kier molecular flexibility index (Phi) is 5.14. The molecule has 0 unspecified atom stereocenters. The zero-order valence-electron chi connectivity index (χ0n) is 12.6. The molecule has 1 heterocycles. The van der Waals surface area contributed by atoms with E-state index in [-0.39, 0.29) is 17.3 Å². The van der Waals surface area contributed by atoms with E-state index >= 15 is 0 Å². The number of esters is 1. The lowest BCUT2D eigenvalue weighted by molar-refractivity contribution is -0.157. The normalized spacial score (nSPS) is 23.4. The highest BCUT2D eigenvalue weighted by molar-refractivity contribution is 7.99. The third kappa shape index (κ3) is 4.55. The minimum absolute atomic E-state index is 0.00448. The molecule has 2 atom stereocenters. The number of thioether (sulfide) groups is 1. The molecule has 0 aliphatic carbocycles. The molecule has 20 heavy (non-hydrogen) atoms. The van der Waals surface area contributed by atoms with E-state index in [1.54, 1.807) is 0 Å². The molecule has 110 valence electrons. The summed E-state index contributed by atoms with van der Waals surface area (Å²) in [6, 6.07) is 10.4. The molecule has 2 rings (SSSR count). The van der Waals surface area contributed by atoms with Crippen LogP contribution in [0.1, 0.15) is 33.6 Å². The fraction of sp³-hybridized carbons (Fsp3) is 0.588. The SMILES string of the molecule is CC(C)(C)C[C@@H]1C(=O)OCC[C@H]1CSc1ccccc1. The molecular formula is C17H24O2S. The van der Waals surface area contributed by atoms with Crippen LogP contribution in [0.2, 0.25) is 0 Å². The molecule has 0 saturated carbocycles. The summed E-state index contributed by atoms with van der Waals surface area (Å²) in [6.45, 7) is 7.16. The van der Waals surface area contributed by atoms with Crippen molar-refractivity contribution >= 4 is 17.7 Å². The second-order valence-corrected chi connectivity index (χ2v) is 7.80. The van der Waals surface area contributed by atoms with Crippen LogP contribution in [0.25, 0.3) is 0 Å². The van der Waals surface area contributed by atoms with Gasteiger partial charge in [0.1, 0.15) is 0 Å². The second kappa shape index (κ2) is 6.66. The first-order valence-electron chi connectivity index (χ1n) is 7.30. The van der Waals surface area contributed by atoms with E-state index in [4.69, 9.17) is 4.74 Å². The molecule has 0 aromatic heterocycles. The smallest absolute Gasteiger partial charge is 0.309 e. The van der Waals surface area contributed by atoms with Crippen molar-refractivity contribution in [1.82, 2.24) is 0 Å². The molecular weight excluding hydrogens is 268 g/mol.